The summed E-state index contributed by atoms with van der Waals surface area (Å²) in [7, 11) is 0. The first-order chi connectivity index (χ1) is 15.2. The average molecular weight is 414 g/mol. The van der Waals surface area contributed by atoms with Crippen molar-refractivity contribution in [2.24, 2.45) is 5.92 Å². The molecule has 3 heterocycles. The van der Waals surface area contributed by atoms with E-state index in [1.807, 2.05) is 36.5 Å². The van der Waals surface area contributed by atoms with Crippen LogP contribution in [0.15, 0.2) is 67.0 Å². The maximum absolute atomic E-state index is 13.0. The van der Waals surface area contributed by atoms with Gasteiger partial charge in [-0.3, -0.25) is 9.69 Å². The van der Waals surface area contributed by atoms with Crippen molar-refractivity contribution in [1.29, 1.82) is 0 Å². The Morgan fingerprint density at radius 2 is 2.10 bits per heavy atom. The molecule has 158 valence electrons. The molecule has 2 aromatic heterocycles. The number of aromatic amines is 1. The van der Waals surface area contributed by atoms with Gasteiger partial charge in [0, 0.05) is 47.8 Å². The smallest absolute Gasteiger partial charge is 0.228 e. The second-order valence-electron chi connectivity index (χ2n) is 8.34. The van der Waals surface area contributed by atoms with Crippen LogP contribution < -0.4 is 5.32 Å². The zero-order valence-electron chi connectivity index (χ0n) is 17.7. The molecule has 0 radical (unpaired) electrons. The Hall–Kier alpha value is -3.38. The van der Waals surface area contributed by atoms with Crippen LogP contribution in [0.4, 0.5) is 5.69 Å². The fourth-order valence-electron chi connectivity index (χ4n) is 4.52. The maximum Gasteiger partial charge on any atom is 0.228 e. The number of hydrogen-bond acceptors (Lipinski definition) is 3. The number of carbonyl (C=O) groups excluding carboxylic acids is 1. The second kappa shape index (κ2) is 8.40. The molecule has 1 aliphatic heterocycles. The summed E-state index contributed by atoms with van der Waals surface area (Å²) in [6.07, 6.45) is 5.60. The summed E-state index contributed by atoms with van der Waals surface area (Å²) in [4.78, 5) is 19.0. The molecule has 2 aromatic carbocycles. The Labute approximate surface area is 181 Å². The number of amides is 1. The number of piperidine rings is 1. The molecular weight excluding hydrogens is 386 g/mol. The highest BCUT2D eigenvalue weighted by atomic mass is 16.1. The van der Waals surface area contributed by atoms with E-state index < -0.39 is 0 Å². The number of hydrogen-bond donors (Lipinski definition) is 2. The van der Waals surface area contributed by atoms with Gasteiger partial charge < -0.3 is 10.3 Å². The molecule has 6 nitrogen and oxygen atoms in total. The lowest BCUT2D eigenvalue weighted by molar-refractivity contribution is -0.121. The lowest BCUT2D eigenvalue weighted by atomic mass is 9.96. The highest BCUT2D eigenvalue weighted by Crippen LogP contribution is 2.25. The molecule has 1 atom stereocenters. The van der Waals surface area contributed by atoms with Crippen molar-refractivity contribution < 1.29 is 4.79 Å². The van der Waals surface area contributed by atoms with Crippen molar-refractivity contribution in [1.82, 2.24) is 19.7 Å². The summed E-state index contributed by atoms with van der Waals surface area (Å²) in [6, 6.07) is 18.1. The fourth-order valence-corrected chi connectivity index (χ4v) is 4.52. The van der Waals surface area contributed by atoms with Crippen molar-refractivity contribution in [2.45, 2.75) is 26.3 Å². The largest absolute Gasteiger partial charge is 0.357 e. The molecule has 1 aliphatic rings. The SMILES string of the molecule is Cc1c(CN2CCCC(C(=O)Nc3cccc(-n4cccn4)c3)C2)[nH]c2ccccc12. The van der Waals surface area contributed by atoms with Gasteiger partial charge in [-0.05, 0) is 62.2 Å². The van der Waals surface area contributed by atoms with Gasteiger partial charge in [0.25, 0.3) is 0 Å². The lowest BCUT2D eigenvalue weighted by Gasteiger charge is -2.32. The first-order valence-corrected chi connectivity index (χ1v) is 10.9. The van der Waals surface area contributed by atoms with Crippen LogP contribution in [-0.2, 0) is 11.3 Å². The van der Waals surface area contributed by atoms with E-state index in [-0.39, 0.29) is 11.8 Å². The average Bonchev–Trinajstić information content (AvgIpc) is 3.44. The molecule has 1 fully saturated rings. The third-order valence-corrected chi connectivity index (χ3v) is 6.21. The number of nitrogens with zero attached hydrogens (tertiary/aromatic N) is 3. The van der Waals surface area contributed by atoms with Crippen molar-refractivity contribution in [2.75, 3.05) is 18.4 Å². The number of likely N-dealkylation sites (tertiary alicyclic amines) is 1. The predicted octanol–water partition coefficient (Wildman–Crippen LogP) is 4.51. The normalized spacial score (nSPS) is 17.1. The molecule has 31 heavy (non-hydrogen) atoms. The fraction of sp³-hybridized carbons (Fsp3) is 0.280. The number of para-hydroxylation sites is 1. The van der Waals surface area contributed by atoms with Gasteiger partial charge in [0.15, 0.2) is 0 Å². The van der Waals surface area contributed by atoms with Gasteiger partial charge in [0.05, 0.1) is 11.6 Å². The van der Waals surface area contributed by atoms with Crippen molar-refractivity contribution >= 4 is 22.5 Å². The summed E-state index contributed by atoms with van der Waals surface area (Å²) in [5.74, 6) is 0.0856. The van der Waals surface area contributed by atoms with Crippen molar-refractivity contribution in [3.05, 3.63) is 78.2 Å². The van der Waals surface area contributed by atoms with Gasteiger partial charge in [-0.1, -0.05) is 24.3 Å². The number of anilines is 1. The Kier molecular flexibility index (Phi) is 5.30. The van der Waals surface area contributed by atoms with Gasteiger partial charge in [-0.2, -0.15) is 5.10 Å². The van der Waals surface area contributed by atoms with Crippen LogP contribution in [0, 0.1) is 12.8 Å². The highest BCUT2D eigenvalue weighted by molar-refractivity contribution is 5.93. The zero-order valence-corrected chi connectivity index (χ0v) is 17.7. The van der Waals surface area contributed by atoms with E-state index in [2.05, 4.69) is 51.5 Å². The number of aryl methyl sites for hydroxylation is 1. The van der Waals surface area contributed by atoms with Crippen LogP contribution in [-0.4, -0.2) is 38.7 Å². The van der Waals surface area contributed by atoms with Crippen LogP contribution in [0.2, 0.25) is 0 Å². The van der Waals surface area contributed by atoms with Crippen molar-refractivity contribution in [3.8, 4) is 5.69 Å². The van der Waals surface area contributed by atoms with Gasteiger partial charge in [-0.15, -0.1) is 0 Å². The monoisotopic (exact) mass is 413 g/mol. The third kappa shape index (κ3) is 4.11. The summed E-state index contributed by atoms with van der Waals surface area (Å²) < 4.78 is 1.79. The number of aromatic nitrogens is 3. The van der Waals surface area contributed by atoms with Gasteiger partial charge in [0.1, 0.15) is 0 Å². The quantitative estimate of drug-likeness (QED) is 0.506. The molecule has 0 bridgehead atoms. The van der Waals surface area contributed by atoms with E-state index in [9.17, 15) is 4.79 Å². The molecule has 1 saturated heterocycles. The van der Waals surface area contributed by atoms with E-state index in [1.54, 1.807) is 10.9 Å². The first kappa shape index (κ1) is 19.6. The topological polar surface area (TPSA) is 66.0 Å². The number of fused-ring (bicyclic) bond motifs is 1. The summed E-state index contributed by atoms with van der Waals surface area (Å²) in [6.45, 7) is 4.82. The van der Waals surface area contributed by atoms with Gasteiger partial charge in [0.2, 0.25) is 5.91 Å². The van der Waals surface area contributed by atoms with E-state index in [0.29, 0.717) is 0 Å². The molecule has 1 unspecified atom stereocenters. The minimum absolute atomic E-state index is 0.00760. The first-order valence-electron chi connectivity index (χ1n) is 10.9. The molecule has 1 amide bonds. The van der Waals surface area contributed by atoms with E-state index >= 15 is 0 Å². The summed E-state index contributed by atoms with van der Waals surface area (Å²) >= 11 is 0. The number of H-pyrrole nitrogens is 1. The molecule has 6 heteroatoms. The van der Waals surface area contributed by atoms with Crippen LogP contribution in [0.5, 0.6) is 0 Å². The predicted molar refractivity (Wildman–Crippen MR) is 123 cm³/mol. The molecule has 0 aliphatic carbocycles. The van der Waals surface area contributed by atoms with E-state index in [4.69, 9.17) is 0 Å². The lowest BCUT2D eigenvalue weighted by Crippen LogP contribution is -2.40. The second-order valence-corrected chi connectivity index (χ2v) is 8.34. The number of carbonyl (C=O) groups is 1. The van der Waals surface area contributed by atoms with E-state index in [0.717, 1.165) is 43.9 Å². The summed E-state index contributed by atoms with van der Waals surface area (Å²) in [5, 5.41) is 8.66. The minimum atomic E-state index is -0.00760. The Morgan fingerprint density at radius 3 is 2.94 bits per heavy atom. The Balaban J connectivity index is 1.25. The molecular formula is C25H27N5O. The number of rotatable bonds is 5. The Morgan fingerprint density at radius 1 is 1.19 bits per heavy atom. The maximum atomic E-state index is 13.0. The minimum Gasteiger partial charge on any atom is -0.357 e. The van der Waals surface area contributed by atoms with Gasteiger partial charge in [-0.25, -0.2) is 4.68 Å². The Bertz CT molecular complexity index is 1190. The standard InChI is InChI=1S/C25H27N5O/c1-18-22-10-2-3-11-23(22)28-24(18)17-29-13-5-7-19(16-29)25(31)27-20-8-4-9-21(15-20)30-14-6-12-26-30/h2-4,6,8-12,14-15,19,28H,5,7,13,16-17H2,1H3,(H,27,31). The van der Waals surface area contributed by atoms with Crippen LogP contribution in [0.25, 0.3) is 16.6 Å². The van der Waals surface area contributed by atoms with Crippen LogP contribution in [0.1, 0.15) is 24.1 Å². The van der Waals surface area contributed by atoms with Crippen molar-refractivity contribution in [3.63, 3.8) is 0 Å². The summed E-state index contributed by atoms with van der Waals surface area (Å²) in [5.41, 5.74) is 5.47. The number of benzene rings is 2. The zero-order chi connectivity index (χ0) is 21.2. The van der Waals surface area contributed by atoms with Gasteiger partial charge >= 0.3 is 0 Å². The highest BCUT2D eigenvalue weighted by Gasteiger charge is 2.26. The van der Waals surface area contributed by atoms with E-state index in [1.165, 1.54) is 22.2 Å². The molecule has 0 spiro atoms. The third-order valence-electron chi connectivity index (χ3n) is 6.21. The molecule has 4 aromatic rings. The molecule has 0 saturated carbocycles. The molecule has 2 N–H and O–H groups in total. The number of nitrogens with one attached hydrogen (secondary N) is 2. The van der Waals surface area contributed by atoms with Crippen LogP contribution >= 0.6 is 0 Å². The molecule has 5 rings (SSSR count). The van der Waals surface area contributed by atoms with Crippen LogP contribution in [0.3, 0.4) is 0 Å².